The van der Waals surface area contributed by atoms with E-state index in [2.05, 4.69) is 24.4 Å². The largest absolute Gasteiger partial charge is 0.316 e. The third kappa shape index (κ3) is 3.46. The van der Waals surface area contributed by atoms with Crippen molar-refractivity contribution in [2.45, 2.75) is 38.5 Å². The SMILES string of the molecule is CCCNCC(c1ccc(Cl)cc1)C1CCC1. The average molecular weight is 252 g/mol. The van der Waals surface area contributed by atoms with Gasteiger partial charge < -0.3 is 5.32 Å². The lowest BCUT2D eigenvalue weighted by atomic mass is 9.73. The molecule has 0 bridgehead atoms. The number of benzene rings is 1. The van der Waals surface area contributed by atoms with Crippen molar-refractivity contribution in [2.24, 2.45) is 5.92 Å². The molecule has 1 aromatic rings. The van der Waals surface area contributed by atoms with E-state index >= 15 is 0 Å². The normalized spacial score (nSPS) is 17.8. The molecule has 0 radical (unpaired) electrons. The van der Waals surface area contributed by atoms with Crippen LogP contribution in [0, 0.1) is 5.92 Å². The molecule has 17 heavy (non-hydrogen) atoms. The monoisotopic (exact) mass is 251 g/mol. The number of nitrogens with one attached hydrogen (secondary N) is 1. The van der Waals surface area contributed by atoms with Gasteiger partial charge in [-0.25, -0.2) is 0 Å². The smallest absolute Gasteiger partial charge is 0.0406 e. The minimum Gasteiger partial charge on any atom is -0.316 e. The molecule has 1 nitrogen and oxygen atoms in total. The zero-order chi connectivity index (χ0) is 12.1. The van der Waals surface area contributed by atoms with E-state index in [1.54, 1.807) is 0 Å². The van der Waals surface area contributed by atoms with E-state index in [9.17, 15) is 0 Å². The van der Waals surface area contributed by atoms with Gasteiger partial charge in [0.1, 0.15) is 0 Å². The van der Waals surface area contributed by atoms with Gasteiger partial charge in [0.15, 0.2) is 0 Å². The summed E-state index contributed by atoms with van der Waals surface area (Å²) in [6, 6.07) is 8.42. The van der Waals surface area contributed by atoms with Gasteiger partial charge in [-0.15, -0.1) is 0 Å². The fourth-order valence-corrected chi connectivity index (χ4v) is 2.67. The second kappa shape index (κ2) is 6.42. The molecule has 0 heterocycles. The molecule has 1 N–H and O–H groups in total. The van der Waals surface area contributed by atoms with E-state index in [0.29, 0.717) is 5.92 Å². The second-order valence-corrected chi connectivity index (χ2v) is 5.49. The van der Waals surface area contributed by atoms with E-state index in [-0.39, 0.29) is 0 Å². The first kappa shape index (κ1) is 12.9. The predicted molar refractivity (Wildman–Crippen MR) is 74.7 cm³/mol. The van der Waals surface area contributed by atoms with Crippen LogP contribution < -0.4 is 5.32 Å². The molecule has 2 heteroatoms. The average Bonchev–Trinajstić information content (AvgIpc) is 2.27. The van der Waals surface area contributed by atoms with E-state index in [1.165, 1.54) is 31.2 Å². The molecule has 1 unspecified atom stereocenters. The molecule has 0 amide bonds. The molecule has 1 atom stereocenters. The Bertz CT molecular complexity index is 329. The van der Waals surface area contributed by atoms with Gasteiger partial charge in [-0.1, -0.05) is 37.1 Å². The Morgan fingerprint density at radius 3 is 2.53 bits per heavy atom. The lowest BCUT2D eigenvalue weighted by molar-refractivity contribution is 0.255. The summed E-state index contributed by atoms with van der Waals surface area (Å²) < 4.78 is 0. The summed E-state index contributed by atoms with van der Waals surface area (Å²) in [4.78, 5) is 0. The van der Waals surface area contributed by atoms with Gasteiger partial charge >= 0.3 is 0 Å². The Hall–Kier alpha value is -0.530. The number of hydrogen-bond donors (Lipinski definition) is 1. The summed E-state index contributed by atoms with van der Waals surface area (Å²) in [7, 11) is 0. The van der Waals surface area contributed by atoms with E-state index in [1.807, 2.05) is 12.1 Å². The van der Waals surface area contributed by atoms with Crippen LogP contribution in [0.3, 0.4) is 0 Å². The van der Waals surface area contributed by atoms with Crippen LogP contribution in [0.5, 0.6) is 0 Å². The number of rotatable bonds is 6. The molecule has 0 spiro atoms. The predicted octanol–water partition coefficient (Wildman–Crippen LogP) is 4.22. The van der Waals surface area contributed by atoms with Gasteiger partial charge in [0, 0.05) is 11.6 Å². The fourth-order valence-electron chi connectivity index (χ4n) is 2.54. The van der Waals surface area contributed by atoms with Crippen LogP contribution in [-0.4, -0.2) is 13.1 Å². The zero-order valence-electron chi connectivity index (χ0n) is 10.6. The molecule has 94 valence electrons. The summed E-state index contributed by atoms with van der Waals surface area (Å²) in [5.74, 6) is 1.55. The van der Waals surface area contributed by atoms with Crippen molar-refractivity contribution in [1.29, 1.82) is 0 Å². The Kier molecular flexibility index (Phi) is 4.87. The van der Waals surface area contributed by atoms with Gasteiger partial charge in [-0.3, -0.25) is 0 Å². The van der Waals surface area contributed by atoms with Crippen molar-refractivity contribution < 1.29 is 0 Å². The van der Waals surface area contributed by atoms with Gasteiger partial charge in [0.2, 0.25) is 0 Å². The summed E-state index contributed by atoms with van der Waals surface area (Å²) in [5, 5.41) is 4.40. The lowest BCUT2D eigenvalue weighted by Gasteiger charge is -2.34. The van der Waals surface area contributed by atoms with Crippen LogP contribution in [0.2, 0.25) is 5.02 Å². The summed E-state index contributed by atoms with van der Waals surface area (Å²) in [5.41, 5.74) is 1.45. The molecule has 2 rings (SSSR count). The Balaban J connectivity index is 2.00. The Labute approximate surface area is 110 Å². The lowest BCUT2D eigenvalue weighted by Crippen LogP contribution is -2.30. The van der Waals surface area contributed by atoms with Gasteiger partial charge in [-0.2, -0.15) is 0 Å². The summed E-state index contributed by atoms with van der Waals surface area (Å²) >= 11 is 5.95. The van der Waals surface area contributed by atoms with Crippen LogP contribution in [0.1, 0.15) is 44.1 Å². The molecule has 0 aliphatic heterocycles. The van der Waals surface area contributed by atoms with Crippen molar-refractivity contribution >= 4 is 11.6 Å². The second-order valence-electron chi connectivity index (χ2n) is 5.05. The van der Waals surface area contributed by atoms with Crippen LogP contribution in [0.4, 0.5) is 0 Å². The standard InChI is InChI=1S/C15H22ClN/c1-2-10-17-11-15(12-4-3-5-12)13-6-8-14(16)9-7-13/h6-9,12,15,17H,2-5,10-11H2,1H3. The first-order valence-electron chi connectivity index (χ1n) is 6.77. The maximum atomic E-state index is 5.95. The minimum atomic E-state index is 0.674. The minimum absolute atomic E-state index is 0.674. The first-order chi connectivity index (χ1) is 8.31. The molecular weight excluding hydrogens is 230 g/mol. The van der Waals surface area contributed by atoms with Crippen molar-refractivity contribution in [2.75, 3.05) is 13.1 Å². The third-order valence-electron chi connectivity index (χ3n) is 3.81. The highest BCUT2D eigenvalue weighted by molar-refractivity contribution is 6.30. The van der Waals surface area contributed by atoms with Gasteiger partial charge in [0.05, 0.1) is 0 Å². The van der Waals surface area contributed by atoms with Crippen molar-refractivity contribution in [3.63, 3.8) is 0 Å². The fraction of sp³-hybridized carbons (Fsp3) is 0.600. The van der Waals surface area contributed by atoms with Crippen LogP contribution in [-0.2, 0) is 0 Å². The highest BCUT2D eigenvalue weighted by atomic mass is 35.5. The molecule has 1 aliphatic carbocycles. The van der Waals surface area contributed by atoms with E-state index in [4.69, 9.17) is 11.6 Å². The molecule has 1 aromatic carbocycles. The van der Waals surface area contributed by atoms with Crippen LogP contribution in [0.15, 0.2) is 24.3 Å². The molecular formula is C15H22ClN. The highest BCUT2D eigenvalue weighted by Crippen LogP contribution is 2.39. The third-order valence-corrected chi connectivity index (χ3v) is 4.06. The van der Waals surface area contributed by atoms with Crippen molar-refractivity contribution in [3.8, 4) is 0 Å². The summed E-state index contributed by atoms with van der Waals surface area (Å²) in [6.07, 6.45) is 5.39. The molecule has 0 saturated heterocycles. The van der Waals surface area contributed by atoms with E-state index in [0.717, 1.165) is 24.0 Å². The highest BCUT2D eigenvalue weighted by Gasteiger charge is 2.27. The van der Waals surface area contributed by atoms with Crippen LogP contribution in [0.25, 0.3) is 0 Å². The topological polar surface area (TPSA) is 12.0 Å². The molecule has 0 aromatic heterocycles. The zero-order valence-corrected chi connectivity index (χ0v) is 11.3. The maximum absolute atomic E-state index is 5.95. The Morgan fingerprint density at radius 1 is 1.29 bits per heavy atom. The van der Waals surface area contributed by atoms with Crippen molar-refractivity contribution in [1.82, 2.24) is 5.32 Å². The molecule has 1 saturated carbocycles. The first-order valence-corrected chi connectivity index (χ1v) is 7.15. The molecule has 1 fully saturated rings. The quantitative estimate of drug-likeness (QED) is 0.747. The van der Waals surface area contributed by atoms with Gasteiger partial charge in [-0.05, 0) is 55.3 Å². The molecule has 1 aliphatic rings. The van der Waals surface area contributed by atoms with Crippen molar-refractivity contribution in [3.05, 3.63) is 34.9 Å². The summed E-state index contributed by atoms with van der Waals surface area (Å²) in [6.45, 7) is 4.45. The van der Waals surface area contributed by atoms with Gasteiger partial charge in [0.25, 0.3) is 0 Å². The number of hydrogen-bond acceptors (Lipinski definition) is 1. The Morgan fingerprint density at radius 2 is 2.00 bits per heavy atom. The van der Waals surface area contributed by atoms with E-state index < -0.39 is 0 Å². The van der Waals surface area contributed by atoms with Crippen LogP contribution >= 0.6 is 11.6 Å². The maximum Gasteiger partial charge on any atom is 0.0406 e. The number of halogens is 1.